The topological polar surface area (TPSA) is 76.1 Å². The third-order valence-corrected chi connectivity index (χ3v) is 7.29. The fraction of sp³-hybridized carbons (Fsp3) is 0.462. The molecular weight excluding hydrogens is 444 g/mol. The van der Waals surface area contributed by atoms with Crippen molar-refractivity contribution in [3.8, 4) is 11.5 Å². The maximum atomic E-state index is 16.2. The first-order valence-corrected chi connectivity index (χ1v) is 11.3. The average molecular weight is 474 g/mol. The normalized spacial score (nSPS) is 26.9. The molecule has 34 heavy (non-hydrogen) atoms. The Morgan fingerprint density at radius 1 is 1.21 bits per heavy atom. The molecule has 2 aliphatic rings. The number of hydrogen-bond acceptors (Lipinski definition) is 5. The molecule has 1 fully saturated rings. The van der Waals surface area contributed by atoms with Crippen molar-refractivity contribution in [3.63, 3.8) is 0 Å². The van der Waals surface area contributed by atoms with Crippen LogP contribution in [0.3, 0.4) is 0 Å². The lowest BCUT2D eigenvalue weighted by molar-refractivity contribution is -0.159. The van der Waals surface area contributed by atoms with Gasteiger partial charge in [-0.1, -0.05) is 18.2 Å². The van der Waals surface area contributed by atoms with Gasteiger partial charge in [0.15, 0.2) is 17.3 Å². The monoisotopic (exact) mass is 473 g/mol. The first-order chi connectivity index (χ1) is 16.1. The standard InChI is InChI=1S/C26H29F2NO5/c1-25(24(31)32)15-26(28,8-9-29(25)14-16-6-4-5-7-20(16)27)13-18-10-17-11-21(33-2)22(34-3)12-19(17)23(18)30/h4-7,11-12,18H,8-10,13-15H2,1-3H3,(H,31,32). The quantitative estimate of drug-likeness (QED) is 0.641. The molecule has 0 amide bonds. The molecule has 1 heterocycles. The van der Waals surface area contributed by atoms with E-state index in [0.717, 1.165) is 5.56 Å². The molecule has 4 rings (SSSR count). The molecule has 1 aliphatic heterocycles. The van der Waals surface area contributed by atoms with Gasteiger partial charge in [-0.05, 0) is 49.9 Å². The summed E-state index contributed by atoms with van der Waals surface area (Å²) in [5.41, 5.74) is -1.74. The van der Waals surface area contributed by atoms with Crippen LogP contribution in [-0.2, 0) is 17.8 Å². The fourth-order valence-electron chi connectivity index (χ4n) is 5.37. The van der Waals surface area contributed by atoms with Crippen LogP contribution < -0.4 is 9.47 Å². The Kier molecular flexibility index (Phi) is 6.38. The van der Waals surface area contributed by atoms with Crippen molar-refractivity contribution in [1.29, 1.82) is 0 Å². The van der Waals surface area contributed by atoms with Gasteiger partial charge in [0.25, 0.3) is 0 Å². The van der Waals surface area contributed by atoms with Gasteiger partial charge < -0.3 is 14.6 Å². The zero-order valence-electron chi connectivity index (χ0n) is 19.6. The van der Waals surface area contributed by atoms with E-state index in [0.29, 0.717) is 29.0 Å². The van der Waals surface area contributed by atoms with E-state index < -0.39 is 28.9 Å². The number of carbonyl (C=O) groups excluding carboxylic acids is 1. The van der Waals surface area contributed by atoms with E-state index in [1.165, 1.54) is 27.2 Å². The highest BCUT2D eigenvalue weighted by atomic mass is 19.1. The number of nitrogens with zero attached hydrogens (tertiary/aromatic N) is 1. The number of piperidine rings is 1. The van der Waals surface area contributed by atoms with Gasteiger partial charge in [-0.3, -0.25) is 14.5 Å². The van der Waals surface area contributed by atoms with Gasteiger partial charge in [-0.25, -0.2) is 8.78 Å². The number of benzene rings is 2. The van der Waals surface area contributed by atoms with Crippen LogP contribution in [0.25, 0.3) is 0 Å². The molecule has 1 N–H and O–H groups in total. The van der Waals surface area contributed by atoms with E-state index in [-0.39, 0.29) is 38.1 Å². The van der Waals surface area contributed by atoms with Gasteiger partial charge in [0.2, 0.25) is 0 Å². The number of ketones is 1. The highest BCUT2D eigenvalue weighted by molar-refractivity contribution is 6.03. The Morgan fingerprint density at radius 2 is 1.88 bits per heavy atom. The minimum absolute atomic E-state index is 0.0666. The third-order valence-electron chi connectivity index (χ3n) is 7.29. The Hall–Kier alpha value is -3.00. The van der Waals surface area contributed by atoms with Gasteiger partial charge in [0.1, 0.15) is 17.0 Å². The number of methoxy groups -OCH3 is 2. The van der Waals surface area contributed by atoms with Gasteiger partial charge in [-0.15, -0.1) is 0 Å². The summed E-state index contributed by atoms with van der Waals surface area (Å²) in [5.74, 6) is -1.41. The van der Waals surface area contributed by atoms with Crippen LogP contribution in [0.2, 0.25) is 0 Å². The predicted octanol–water partition coefficient (Wildman–Crippen LogP) is 4.44. The lowest BCUT2D eigenvalue weighted by Crippen LogP contribution is -2.60. The van der Waals surface area contributed by atoms with Crippen LogP contribution in [0, 0.1) is 11.7 Å². The van der Waals surface area contributed by atoms with Crippen molar-refractivity contribution in [2.75, 3.05) is 20.8 Å². The summed E-state index contributed by atoms with van der Waals surface area (Å²) >= 11 is 0. The number of Topliss-reactive ketones (excluding diaryl/α,β-unsaturated/α-hetero) is 1. The number of fused-ring (bicyclic) bond motifs is 1. The second-order valence-electron chi connectivity index (χ2n) is 9.50. The Labute approximate surface area is 197 Å². The maximum Gasteiger partial charge on any atom is 0.323 e. The number of halogens is 2. The highest BCUT2D eigenvalue weighted by Crippen LogP contribution is 2.45. The number of carbonyl (C=O) groups is 2. The summed E-state index contributed by atoms with van der Waals surface area (Å²) in [7, 11) is 3.00. The van der Waals surface area contributed by atoms with Crippen LogP contribution in [0.5, 0.6) is 11.5 Å². The lowest BCUT2D eigenvalue weighted by Gasteiger charge is -2.48. The Balaban J connectivity index is 1.53. The maximum absolute atomic E-state index is 16.2. The molecule has 0 bridgehead atoms. The molecular formula is C26H29F2NO5. The van der Waals surface area contributed by atoms with E-state index in [1.54, 1.807) is 35.2 Å². The van der Waals surface area contributed by atoms with Crippen molar-refractivity contribution in [2.45, 2.75) is 50.4 Å². The number of likely N-dealkylation sites (tertiary alicyclic amines) is 1. The second-order valence-corrected chi connectivity index (χ2v) is 9.50. The molecule has 0 saturated carbocycles. The zero-order chi connectivity index (χ0) is 24.7. The smallest absolute Gasteiger partial charge is 0.323 e. The van der Waals surface area contributed by atoms with Gasteiger partial charge in [0, 0.05) is 36.6 Å². The van der Waals surface area contributed by atoms with Crippen LogP contribution in [0.15, 0.2) is 36.4 Å². The molecule has 2 aromatic rings. The number of carboxylic acid groups (broad SMARTS) is 1. The van der Waals surface area contributed by atoms with Crippen LogP contribution >= 0.6 is 0 Å². The van der Waals surface area contributed by atoms with Gasteiger partial charge in [-0.2, -0.15) is 0 Å². The summed E-state index contributed by atoms with van der Waals surface area (Å²) in [6.45, 7) is 1.69. The molecule has 0 aromatic heterocycles. The van der Waals surface area contributed by atoms with Crippen molar-refractivity contribution in [1.82, 2.24) is 4.90 Å². The molecule has 8 heteroatoms. The largest absolute Gasteiger partial charge is 0.493 e. The molecule has 3 unspecified atom stereocenters. The molecule has 2 aromatic carbocycles. The first-order valence-electron chi connectivity index (χ1n) is 11.3. The van der Waals surface area contributed by atoms with Gasteiger partial charge >= 0.3 is 5.97 Å². The summed E-state index contributed by atoms with van der Waals surface area (Å²) in [4.78, 5) is 27.0. The van der Waals surface area contributed by atoms with Crippen molar-refractivity contribution in [3.05, 3.63) is 58.9 Å². The first kappa shape index (κ1) is 24.1. The molecule has 0 spiro atoms. The van der Waals surface area contributed by atoms with Crippen LogP contribution in [0.4, 0.5) is 8.78 Å². The second kappa shape index (κ2) is 8.98. The molecule has 6 nitrogen and oxygen atoms in total. The Bertz CT molecular complexity index is 1120. The summed E-state index contributed by atoms with van der Waals surface area (Å²) < 4.78 is 41.0. The summed E-state index contributed by atoms with van der Waals surface area (Å²) in [6, 6.07) is 9.55. The van der Waals surface area contributed by atoms with Crippen molar-refractivity contribution < 1.29 is 33.0 Å². The number of aliphatic carboxylic acids is 1. The van der Waals surface area contributed by atoms with Crippen LogP contribution in [0.1, 0.15) is 47.7 Å². The van der Waals surface area contributed by atoms with E-state index in [2.05, 4.69) is 0 Å². The van der Waals surface area contributed by atoms with Crippen LogP contribution in [-0.4, -0.2) is 53.7 Å². The number of rotatable bonds is 7. The van der Waals surface area contributed by atoms with E-state index in [1.807, 2.05) is 0 Å². The number of carboxylic acids is 1. The van der Waals surface area contributed by atoms with E-state index in [4.69, 9.17) is 9.47 Å². The minimum atomic E-state index is -1.84. The van der Waals surface area contributed by atoms with Crippen molar-refractivity contribution in [2.24, 2.45) is 5.92 Å². The molecule has 3 atom stereocenters. The molecule has 0 radical (unpaired) electrons. The molecule has 1 saturated heterocycles. The Morgan fingerprint density at radius 3 is 2.53 bits per heavy atom. The predicted molar refractivity (Wildman–Crippen MR) is 122 cm³/mol. The van der Waals surface area contributed by atoms with Crippen molar-refractivity contribution >= 4 is 11.8 Å². The number of ether oxygens (including phenoxy) is 2. The lowest BCUT2D eigenvalue weighted by atomic mass is 9.74. The number of hydrogen-bond donors (Lipinski definition) is 1. The summed E-state index contributed by atoms with van der Waals surface area (Å²) in [5, 5.41) is 10.0. The third kappa shape index (κ3) is 4.27. The van der Waals surface area contributed by atoms with E-state index in [9.17, 15) is 19.1 Å². The van der Waals surface area contributed by atoms with Gasteiger partial charge in [0.05, 0.1) is 14.2 Å². The van der Waals surface area contributed by atoms with E-state index >= 15 is 4.39 Å². The average Bonchev–Trinajstić information content (AvgIpc) is 3.09. The minimum Gasteiger partial charge on any atom is -0.493 e. The molecule has 1 aliphatic carbocycles. The number of alkyl halides is 1. The molecule has 182 valence electrons. The SMILES string of the molecule is COc1cc2c(cc1OC)C(=O)C(CC1(F)CCN(Cc3ccccc3F)C(C)(C(=O)O)C1)C2. The zero-order valence-corrected chi connectivity index (χ0v) is 19.6. The fourth-order valence-corrected chi connectivity index (χ4v) is 5.37. The summed E-state index contributed by atoms with van der Waals surface area (Å²) in [6.07, 6.45) is 0.0815. The highest BCUT2D eigenvalue weighted by Gasteiger charge is 2.53.